The molecule has 5 nitrogen and oxygen atoms in total. The van der Waals surface area contributed by atoms with Crippen molar-refractivity contribution in [1.29, 1.82) is 0 Å². The number of benzene rings is 1. The van der Waals surface area contributed by atoms with E-state index in [1.54, 1.807) is 24.3 Å². The van der Waals surface area contributed by atoms with Crippen LogP contribution in [0.4, 0.5) is 13.2 Å². The minimum absolute atomic E-state index is 0.0441. The first-order valence-electron chi connectivity index (χ1n) is 8.26. The number of rotatable bonds is 4. The van der Waals surface area contributed by atoms with E-state index in [0.717, 1.165) is 30.8 Å². The topological polar surface area (TPSA) is 67.2 Å². The zero-order valence-corrected chi connectivity index (χ0v) is 14.4. The second-order valence-electron chi connectivity index (χ2n) is 6.47. The molecule has 1 aromatic carbocycles. The predicted molar refractivity (Wildman–Crippen MR) is 87.9 cm³/mol. The maximum absolute atomic E-state index is 12.5. The summed E-state index contributed by atoms with van der Waals surface area (Å²) in [5.74, 6) is -1.41. The third kappa shape index (κ3) is 3.59. The Labute approximate surface area is 151 Å². The van der Waals surface area contributed by atoms with Gasteiger partial charge in [0.2, 0.25) is 0 Å². The maximum atomic E-state index is 12.5. The normalized spacial score (nSPS) is 24.8. The van der Waals surface area contributed by atoms with Gasteiger partial charge in [0.25, 0.3) is 5.91 Å². The van der Waals surface area contributed by atoms with Crippen LogP contribution in [0.2, 0.25) is 0 Å². The van der Waals surface area contributed by atoms with E-state index in [-0.39, 0.29) is 17.0 Å². The molecular formula is C17H16F3N3O2S. The molecule has 2 saturated heterocycles. The molecule has 26 heavy (non-hydrogen) atoms. The van der Waals surface area contributed by atoms with E-state index in [0.29, 0.717) is 22.5 Å². The van der Waals surface area contributed by atoms with Crippen LogP contribution >= 0.6 is 11.8 Å². The number of nitrogens with zero attached hydrogens (tertiary/aromatic N) is 1. The van der Waals surface area contributed by atoms with Crippen LogP contribution in [0.1, 0.15) is 35.5 Å². The van der Waals surface area contributed by atoms with Crippen molar-refractivity contribution in [1.82, 2.24) is 15.6 Å². The number of nitrogens with one attached hydrogen (secondary N) is 2. The lowest BCUT2D eigenvalue weighted by Crippen LogP contribution is -2.42. The van der Waals surface area contributed by atoms with Crippen molar-refractivity contribution in [3.63, 3.8) is 0 Å². The van der Waals surface area contributed by atoms with Gasteiger partial charge in [-0.15, -0.1) is 0 Å². The lowest BCUT2D eigenvalue weighted by molar-refractivity contribution is -0.158. The predicted octanol–water partition coefficient (Wildman–Crippen LogP) is 3.47. The van der Waals surface area contributed by atoms with Crippen molar-refractivity contribution in [2.45, 2.75) is 53.6 Å². The quantitative estimate of drug-likeness (QED) is 0.846. The van der Waals surface area contributed by atoms with Gasteiger partial charge in [0, 0.05) is 28.6 Å². The molecule has 2 aliphatic rings. The second-order valence-corrected chi connectivity index (χ2v) is 7.55. The van der Waals surface area contributed by atoms with Gasteiger partial charge >= 0.3 is 12.1 Å². The Hall–Kier alpha value is -2.00. The van der Waals surface area contributed by atoms with Crippen molar-refractivity contribution in [2.24, 2.45) is 0 Å². The fourth-order valence-corrected chi connectivity index (χ4v) is 4.19. The number of halogens is 3. The number of oxazole rings is 1. The Kier molecular flexibility index (Phi) is 4.44. The highest BCUT2D eigenvalue weighted by atomic mass is 32.2. The molecule has 0 aliphatic carbocycles. The molecule has 2 aromatic rings. The Morgan fingerprint density at radius 3 is 2.62 bits per heavy atom. The summed E-state index contributed by atoms with van der Waals surface area (Å²) < 4.78 is 42.2. The summed E-state index contributed by atoms with van der Waals surface area (Å²) in [5.41, 5.74) is 0.519. The van der Waals surface area contributed by atoms with Gasteiger partial charge in [-0.05, 0) is 43.5 Å². The average molecular weight is 383 g/mol. The zero-order valence-electron chi connectivity index (χ0n) is 13.5. The second kappa shape index (κ2) is 6.62. The molecule has 0 spiro atoms. The number of carbonyl (C=O) groups excluding carboxylic acids is 1. The summed E-state index contributed by atoms with van der Waals surface area (Å²) in [4.78, 5) is 16.2. The molecule has 1 aromatic heterocycles. The van der Waals surface area contributed by atoms with Crippen LogP contribution in [0, 0.1) is 0 Å². The number of fused-ring (bicyclic) bond motifs is 2. The Morgan fingerprint density at radius 1 is 1.27 bits per heavy atom. The van der Waals surface area contributed by atoms with E-state index < -0.39 is 12.1 Å². The SMILES string of the molecule is O=C(N[C@@H]1C[C@H]2CC[C@@H]1N2)c1ccc(Sc2cnc(C(F)(F)F)o2)cc1. The lowest BCUT2D eigenvalue weighted by atomic mass is 9.95. The summed E-state index contributed by atoms with van der Waals surface area (Å²) in [7, 11) is 0. The summed E-state index contributed by atoms with van der Waals surface area (Å²) in [6.45, 7) is 0. The summed E-state index contributed by atoms with van der Waals surface area (Å²) in [6.07, 6.45) is -0.355. The third-order valence-corrected chi connectivity index (χ3v) is 5.58. The van der Waals surface area contributed by atoms with E-state index >= 15 is 0 Å². The molecule has 9 heteroatoms. The van der Waals surface area contributed by atoms with Crippen molar-refractivity contribution < 1.29 is 22.4 Å². The number of amides is 1. The summed E-state index contributed by atoms with van der Waals surface area (Å²) >= 11 is 1.02. The number of hydrogen-bond acceptors (Lipinski definition) is 5. The van der Waals surface area contributed by atoms with Crippen LogP contribution in [0.3, 0.4) is 0 Å². The molecule has 138 valence electrons. The fraction of sp³-hybridized carbons (Fsp3) is 0.412. The van der Waals surface area contributed by atoms with Gasteiger partial charge in [0.1, 0.15) is 0 Å². The first-order valence-corrected chi connectivity index (χ1v) is 9.08. The fourth-order valence-electron chi connectivity index (χ4n) is 3.46. The molecular weight excluding hydrogens is 367 g/mol. The highest BCUT2D eigenvalue weighted by molar-refractivity contribution is 7.99. The highest BCUT2D eigenvalue weighted by Gasteiger charge is 2.39. The number of alkyl halides is 3. The van der Waals surface area contributed by atoms with Gasteiger partial charge in [0.05, 0.1) is 6.20 Å². The summed E-state index contributed by atoms with van der Waals surface area (Å²) in [5, 5.41) is 6.57. The monoisotopic (exact) mass is 383 g/mol. The zero-order chi connectivity index (χ0) is 18.3. The van der Waals surface area contributed by atoms with E-state index in [1.807, 2.05) is 0 Å². The molecule has 4 rings (SSSR count). The molecule has 3 heterocycles. The summed E-state index contributed by atoms with van der Waals surface area (Å²) in [6, 6.07) is 7.67. The first kappa shape index (κ1) is 17.4. The minimum Gasteiger partial charge on any atom is -0.426 e. The third-order valence-electron chi connectivity index (χ3n) is 4.68. The van der Waals surface area contributed by atoms with Crippen LogP contribution in [0.15, 0.2) is 44.9 Å². The van der Waals surface area contributed by atoms with E-state index in [4.69, 9.17) is 0 Å². The average Bonchev–Trinajstić information content (AvgIpc) is 3.31. The molecule has 1 amide bonds. The molecule has 0 radical (unpaired) electrons. The number of aromatic nitrogens is 1. The van der Waals surface area contributed by atoms with Crippen LogP contribution in [0.25, 0.3) is 0 Å². The molecule has 3 atom stereocenters. The van der Waals surface area contributed by atoms with Crippen molar-refractivity contribution >= 4 is 17.7 Å². The minimum atomic E-state index is -4.60. The van der Waals surface area contributed by atoms with Gasteiger partial charge in [-0.25, -0.2) is 4.98 Å². The standard InChI is InChI=1S/C17H16F3N3O2S/c18-17(19,20)16-21-8-14(25-16)26-11-4-1-9(2-5-11)15(24)23-13-7-10-3-6-12(13)22-10/h1-2,4-5,8,10,12-13,22H,3,6-7H2,(H,23,24)/t10-,12+,13-/m1/s1. The van der Waals surface area contributed by atoms with Gasteiger partial charge in [0.15, 0.2) is 5.09 Å². The van der Waals surface area contributed by atoms with Crippen LogP contribution in [-0.2, 0) is 6.18 Å². The van der Waals surface area contributed by atoms with Gasteiger partial charge in [-0.3, -0.25) is 4.79 Å². The lowest BCUT2D eigenvalue weighted by Gasteiger charge is -2.21. The number of hydrogen-bond donors (Lipinski definition) is 2. The van der Waals surface area contributed by atoms with Gasteiger partial charge in [-0.1, -0.05) is 11.8 Å². The van der Waals surface area contributed by atoms with E-state index in [2.05, 4.69) is 20.0 Å². The van der Waals surface area contributed by atoms with Crippen LogP contribution in [-0.4, -0.2) is 29.0 Å². The van der Waals surface area contributed by atoms with Crippen LogP contribution in [0.5, 0.6) is 0 Å². The van der Waals surface area contributed by atoms with E-state index in [1.165, 1.54) is 6.42 Å². The van der Waals surface area contributed by atoms with Crippen molar-refractivity contribution in [3.05, 3.63) is 41.9 Å². The van der Waals surface area contributed by atoms with Crippen molar-refractivity contribution in [3.8, 4) is 0 Å². The molecule has 2 N–H and O–H groups in total. The molecule has 2 aliphatic heterocycles. The Balaban J connectivity index is 1.37. The Morgan fingerprint density at radius 2 is 2.04 bits per heavy atom. The molecule has 2 fully saturated rings. The van der Waals surface area contributed by atoms with E-state index in [9.17, 15) is 18.0 Å². The molecule has 0 unspecified atom stereocenters. The van der Waals surface area contributed by atoms with Crippen molar-refractivity contribution in [2.75, 3.05) is 0 Å². The largest absolute Gasteiger partial charge is 0.468 e. The Bertz CT molecular complexity index is 806. The van der Waals surface area contributed by atoms with Crippen LogP contribution < -0.4 is 10.6 Å². The maximum Gasteiger partial charge on any atom is 0.468 e. The first-order chi connectivity index (χ1) is 12.4. The number of carbonyl (C=O) groups is 1. The highest BCUT2D eigenvalue weighted by Crippen LogP contribution is 2.34. The molecule has 2 bridgehead atoms. The smallest absolute Gasteiger partial charge is 0.426 e. The van der Waals surface area contributed by atoms with Gasteiger partial charge in [-0.2, -0.15) is 13.2 Å². The molecule has 0 saturated carbocycles. The van der Waals surface area contributed by atoms with Gasteiger partial charge < -0.3 is 15.1 Å².